The summed E-state index contributed by atoms with van der Waals surface area (Å²) >= 11 is -2.69. The fourth-order valence-electron chi connectivity index (χ4n) is 4.25. The van der Waals surface area contributed by atoms with Crippen molar-refractivity contribution in [2.75, 3.05) is 6.61 Å². The van der Waals surface area contributed by atoms with Crippen molar-refractivity contribution in [3.8, 4) is 17.2 Å². The molecule has 2 aromatic carbocycles. The molecular formula is C34H51FN2O11Sn. The fraction of sp³-hybridized carbons (Fsp3) is 0.529. The summed E-state index contributed by atoms with van der Waals surface area (Å²) in [6.45, 7) is 14.3. The van der Waals surface area contributed by atoms with Gasteiger partial charge in [0.05, 0.1) is 0 Å². The number of aryl methyl sites for hydroxylation is 1. The first kappa shape index (κ1) is 43.2. The van der Waals surface area contributed by atoms with Gasteiger partial charge in [-0.1, -0.05) is 0 Å². The first-order valence-electron chi connectivity index (χ1n) is 15.6. The van der Waals surface area contributed by atoms with Gasteiger partial charge in [0.1, 0.15) is 11.9 Å². The number of carbonyl (C=O) groups excluding carboxylic acids is 3. The van der Waals surface area contributed by atoms with Crippen LogP contribution in [0.5, 0.6) is 17.2 Å². The van der Waals surface area contributed by atoms with Crippen LogP contribution in [-0.4, -0.2) is 87.8 Å². The number of carboxylic acid groups (broad SMARTS) is 1. The number of hydrogen-bond donors (Lipinski definition) is 5. The van der Waals surface area contributed by atoms with E-state index in [2.05, 4.69) is 20.1 Å². The summed E-state index contributed by atoms with van der Waals surface area (Å²) in [7, 11) is 0. The maximum Gasteiger partial charge on any atom is 0.320 e. The Kier molecular flexibility index (Phi) is 15.7. The van der Waals surface area contributed by atoms with Crippen molar-refractivity contribution in [3.63, 3.8) is 0 Å². The van der Waals surface area contributed by atoms with Crippen LogP contribution in [0.15, 0.2) is 24.3 Å². The van der Waals surface area contributed by atoms with E-state index in [0.717, 1.165) is 20.8 Å². The van der Waals surface area contributed by atoms with Crippen LogP contribution in [0.25, 0.3) is 0 Å². The third-order valence-corrected chi connectivity index (χ3v) is 12.3. The van der Waals surface area contributed by atoms with Crippen LogP contribution in [-0.2, 0) is 36.6 Å². The molecule has 0 radical (unpaired) electrons. The van der Waals surface area contributed by atoms with E-state index in [1.54, 1.807) is 54.5 Å². The van der Waals surface area contributed by atoms with Gasteiger partial charge in [0.15, 0.2) is 11.5 Å². The van der Waals surface area contributed by atoms with Gasteiger partial charge in [-0.2, -0.15) is 0 Å². The topological polar surface area (TPSA) is 204 Å². The second-order valence-corrected chi connectivity index (χ2v) is 28.7. The molecule has 0 fully saturated rings. The quantitative estimate of drug-likeness (QED) is 0.0705. The first-order chi connectivity index (χ1) is 22.2. The number of nitrogens with two attached hydrogens (primary N) is 1. The zero-order valence-corrected chi connectivity index (χ0v) is 33.0. The molecule has 0 bridgehead atoms. The van der Waals surface area contributed by atoms with Gasteiger partial charge >= 0.3 is 214 Å². The zero-order valence-electron chi connectivity index (χ0n) is 30.1. The van der Waals surface area contributed by atoms with Crippen molar-refractivity contribution >= 4 is 46.1 Å². The Morgan fingerprint density at radius 2 is 1.45 bits per heavy atom. The molecule has 0 unspecified atom stereocenters. The summed E-state index contributed by atoms with van der Waals surface area (Å²) in [4.78, 5) is 54.6. The molecule has 0 aliphatic heterocycles. The average molecular weight is 800 g/mol. The smallest absolute Gasteiger partial charge is 0.320 e. The zero-order chi connectivity index (χ0) is 38.1. The van der Waals surface area contributed by atoms with Gasteiger partial charge in [0.25, 0.3) is 0 Å². The summed E-state index contributed by atoms with van der Waals surface area (Å²) in [6.07, 6.45) is -1.59. The summed E-state index contributed by atoms with van der Waals surface area (Å²) < 4.78 is 35.6. The minimum atomic E-state index is -2.69. The van der Waals surface area contributed by atoms with Gasteiger partial charge in [-0.05, 0) is 11.6 Å². The van der Waals surface area contributed by atoms with E-state index in [4.69, 9.17) is 40.0 Å². The van der Waals surface area contributed by atoms with E-state index in [9.17, 15) is 23.6 Å². The van der Waals surface area contributed by atoms with Crippen LogP contribution >= 0.6 is 0 Å². The normalized spacial score (nSPS) is 12.8. The van der Waals surface area contributed by atoms with Gasteiger partial charge in [-0.15, -0.1) is 0 Å². The Balaban J connectivity index is 0.000000663. The van der Waals surface area contributed by atoms with Crippen LogP contribution in [0.3, 0.4) is 0 Å². The number of amides is 1. The van der Waals surface area contributed by atoms with Gasteiger partial charge in [0.2, 0.25) is 0 Å². The van der Waals surface area contributed by atoms with Crippen molar-refractivity contribution in [1.82, 2.24) is 5.32 Å². The van der Waals surface area contributed by atoms with Gasteiger partial charge in [-0.25, -0.2) is 4.39 Å². The van der Waals surface area contributed by atoms with Crippen molar-refractivity contribution in [1.29, 1.82) is 0 Å². The Morgan fingerprint density at radius 1 is 0.898 bits per heavy atom. The molecule has 0 spiro atoms. The van der Waals surface area contributed by atoms with Crippen LogP contribution in [0, 0.1) is 12.7 Å². The van der Waals surface area contributed by atoms with Crippen LogP contribution in [0.1, 0.15) is 65.2 Å². The number of alkyl carbamates (subject to hydrolysis) is 1. The van der Waals surface area contributed by atoms with E-state index in [1.807, 2.05) is 13.0 Å². The predicted octanol–water partition coefficient (Wildman–Crippen LogP) is 5.04. The Hall–Kier alpha value is -3.79. The third-order valence-electron chi connectivity index (χ3n) is 6.38. The number of aromatic hydroxyl groups is 2. The summed E-state index contributed by atoms with van der Waals surface area (Å²) in [5.41, 5.74) is 5.35. The molecule has 2 rings (SSSR count). The van der Waals surface area contributed by atoms with Crippen molar-refractivity contribution in [2.24, 2.45) is 5.73 Å². The maximum absolute atomic E-state index is 13.1. The summed E-state index contributed by atoms with van der Waals surface area (Å²) in [5, 5.41) is 29.1. The SMILES string of the molecule is CCOC(=O)[C@H](Cc1cc(OC(=O)OC(C)(C)C)c(C)c[c]1[Sn]([CH3])([CH3])[CH3])NC(=O)OC(C)(C)C.N[C@@H](Cc1cc(O)c(O)cc1[18F])C(=O)O. The number of esters is 1. The predicted molar refractivity (Wildman–Crippen MR) is 184 cm³/mol. The minimum absolute atomic E-state index is 0.0554. The van der Waals surface area contributed by atoms with E-state index in [0.29, 0.717) is 11.8 Å². The molecule has 0 saturated carbocycles. The Labute approximate surface area is 291 Å². The van der Waals surface area contributed by atoms with Gasteiger partial charge < -0.3 is 21.1 Å². The second kappa shape index (κ2) is 17.7. The van der Waals surface area contributed by atoms with E-state index in [-0.39, 0.29) is 25.0 Å². The molecule has 2 aromatic rings. The number of carbonyl (C=O) groups is 4. The molecule has 0 aliphatic rings. The van der Waals surface area contributed by atoms with Crippen LogP contribution in [0.2, 0.25) is 14.8 Å². The molecule has 13 nitrogen and oxygen atoms in total. The molecule has 49 heavy (non-hydrogen) atoms. The summed E-state index contributed by atoms with van der Waals surface area (Å²) in [5.74, 6) is -3.38. The van der Waals surface area contributed by atoms with Crippen LogP contribution < -0.4 is 19.4 Å². The number of nitrogens with one attached hydrogen (secondary N) is 1. The standard InChI is InChI=1S/C22H32NO7.C9H10FNO4.3CH3.Sn/c1-9-27-18(24)16(23-19(25)29-21(3,4)5)12-15-11-10-14(2)17(13-15)28-20(26)30-22(6,7)8;10-5-3-8(13)7(12)2-4(5)1-6(11)9(14)15;;;;/h10,13,16H,9,12H2,1-8H3,(H,23,25);2-3,6,12-13H,1,11H2,(H,14,15);3*1H3;/t16-;6-;;;;/m00..../s1/i;10-1;;;;. The number of rotatable bonds is 10. The summed E-state index contributed by atoms with van der Waals surface area (Å²) in [6, 6.07) is 3.23. The third kappa shape index (κ3) is 15.5. The Bertz CT molecular complexity index is 1490. The number of carboxylic acids is 1. The van der Waals surface area contributed by atoms with E-state index in [1.165, 1.54) is 0 Å². The maximum atomic E-state index is 13.1. The number of benzene rings is 2. The molecule has 0 saturated heterocycles. The minimum Gasteiger partial charge on any atom is -0.504 e. The largest absolute Gasteiger partial charge is 0.504 e. The number of phenols is 2. The first-order valence-corrected chi connectivity index (χ1v) is 25.6. The second-order valence-electron chi connectivity index (χ2n) is 14.3. The van der Waals surface area contributed by atoms with Gasteiger partial charge in [-0.3, -0.25) is 4.79 Å². The molecule has 274 valence electrons. The molecule has 0 heterocycles. The molecular weight excluding hydrogens is 749 g/mol. The number of hydrogen-bond acceptors (Lipinski definition) is 11. The van der Waals surface area contributed by atoms with E-state index >= 15 is 0 Å². The number of phenolic OH excluding ortho intramolecular Hbond substituents is 2. The number of halogens is 1. The van der Waals surface area contributed by atoms with Gasteiger partial charge in [0, 0.05) is 12.5 Å². The fourth-order valence-corrected chi connectivity index (χ4v) is 9.35. The van der Waals surface area contributed by atoms with Crippen LogP contribution in [0.4, 0.5) is 14.0 Å². The number of aliphatic carboxylic acids is 1. The molecule has 2 atom stereocenters. The van der Waals surface area contributed by atoms with Crippen molar-refractivity contribution < 1.29 is 57.8 Å². The Morgan fingerprint density at radius 3 is 1.94 bits per heavy atom. The van der Waals surface area contributed by atoms with Crippen molar-refractivity contribution in [3.05, 3.63) is 46.8 Å². The molecule has 6 N–H and O–H groups in total. The van der Waals surface area contributed by atoms with Crippen molar-refractivity contribution in [2.45, 2.75) is 106 Å². The molecule has 0 aromatic heterocycles. The van der Waals surface area contributed by atoms with E-state index < -0.39 is 83.2 Å². The number of ether oxygens (including phenoxy) is 4. The molecule has 15 heteroatoms. The molecule has 0 aliphatic carbocycles. The average Bonchev–Trinajstić information content (AvgIpc) is 2.90. The molecule has 1 amide bonds. The monoisotopic (exact) mass is 801 g/mol.